The first-order valence-electron chi connectivity index (χ1n) is 6.71. The highest BCUT2D eigenvalue weighted by atomic mass is 19.1. The Kier molecular flexibility index (Phi) is 4.66. The summed E-state index contributed by atoms with van der Waals surface area (Å²) in [4.78, 5) is 14.2. The van der Waals surface area contributed by atoms with E-state index in [1.807, 2.05) is 13.8 Å². The monoisotopic (exact) mass is 265 g/mol. The zero-order valence-electron chi connectivity index (χ0n) is 11.4. The molecule has 0 amide bonds. The van der Waals surface area contributed by atoms with Crippen LogP contribution >= 0.6 is 0 Å². The summed E-state index contributed by atoms with van der Waals surface area (Å²) in [5.74, 6) is -0.251. The Labute approximate surface area is 113 Å². The van der Waals surface area contributed by atoms with Crippen LogP contribution in [0.2, 0.25) is 0 Å². The van der Waals surface area contributed by atoms with Gasteiger partial charge in [-0.1, -0.05) is 0 Å². The Hall–Kier alpha value is -1.26. The van der Waals surface area contributed by atoms with Crippen LogP contribution in [0.15, 0.2) is 24.3 Å². The van der Waals surface area contributed by atoms with Crippen LogP contribution < -0.4 is 0 Å². The van der Waals surface area contributed by atoms with Gasteiger partial charge in [0.25, 0.3) is 0 Å². The van der Waals surface area contributed by atoms with Crippen LogP contribution in [0.25, 0.3) is 0 Å². The molecule has 0 radical (unpaired) electrons. The minimum atomic E-state index is -0.313. The minimum Gasteiger partial charge on any atom is -0.373 e. The average Bonchev–Trinajstić information content (AvgIpc) is 2.36. The summed E-state index contributed by atoms with van der Waals surface area (Å²) in [5.41, 5.74) is 0.579. The number of ketones is 1. The molecule has 0 bridgehead atoms. The highest BCUT2D eigenvalue weighted by molar-refractivity contribution is 5.96. The number of carbonyl (C=O) groups excluding carboxylic acids is 1. The van der Waals surface area contributed by atoms with Crippen molar-refractivity contribution in [3.8, 4) is 0 Å². The summed E-state index contributed by atoms with van der Waals surface area (Å²) in [6, 6.07) is 5.74. The fraction of sp³-hybridized carbons (Fsp3) is 0.533. The number of hydrogen-bond donors (Lipinski definition) is 0. The number of nitrogens with zero attached hydrogens (tertiary/aromatic N) is 1. The zero-order chi connectivity index (χ0) is 13.8. The molecule has 4 heteroatoms. The van der Waals surface area contributed by atoms with Gasteiger partial charge in [0, 0.05) is 31.6 Å². The lowest BCUT2D eigenvalue weighted by Crippen LogP contribution is -2.46. The first kappa shape index (κ1) is 14.2. The topological polar surface area (TPSA) is 29.5 Å². The smallest absolute Gasteiger partial charge is 0.164 e. The molecule has 104 valence electrons. The van der Waals surface area contributed by atoms with E-state index in [2.05, 4.69) is 4.90 Å². The van der Waals surface area contributed by atoms with Crippen molar-refractivity contribution in [3.63, 3.8) is 0 Å². The van der Waals surface area contributed by atoms with Crippen molar-refractivity contribution in [2.75, 3.05) is 19.6 Å². The van der Waals surface area contributed by atoms with Crippen molar-refractivity contribution in [1.29, 1.82) is 0 Å². The van der Waals surface area contributed by atoms with E-state index in [-0.39, 0.29) is 23.8 Å². The third-order valence-corrected chi connectivity index (χ3v) is 3.32. The minimum absolute atomic E-state index is 0.0618. The van der Waals surface area contributed by atoms with E-state index in [9.17, 15) is 9.18 Å². The highest BCUT2D eigenvalue weighted by Crippen LogP contribution is 2.12. The molecule has 2 unspecified atom stereocenters. The molecular formula is C15H20FNO2. The maximum absolute atomic E-state index is 12.8. The molecule has 1 aliphatic heterocycles. The Morgan fingerprint density at radius 1 is 1.26 bits per heavy atom. The van der Waals surface area contributed by atoms with Gasteiger partial charge in [-0.05, 0) is 38.1 Å². The van der Waals surface area contributed by atoms with E-state index in [1.165, 1.54) is 12.1 Å². The Balaban J connectivity index is 1.84. The van der Waals surface area contributed by atoms with Crippen molar-refractivity contribution >= 4 is 5.78 Å². The normalized spacial score (nSPS) is 24.4. The van der Waals surface area contributed by atoms with Crippen molar-refractivity contribution < 1.29 is 13.9 Å². The molecule has 0 aromatic heterocycles. The number of ether oxygens (including phenoxy) is 1. The highest BCUT2D eigenvalue weighted by Gasteiger charge is 2.22. The van der Waals surface area contributed by atoms with Gasteiger partial charge in [0.05, 0.1) is 12.2 Å². The second kappa shape index (κ2) is 6.26. The lowest BCUT2D eigenvalue weighted by Gasteiger charge is -2.35. The van der Waals surface area contributed by atoms with Crippen molar-refractivity contribution in [2.24, 2.45) is 0 Å². The molecule has 1 saturated heterocycles. The second-order valence-corrected chi connectivity index (χ2v) is 5.20. The van der Waals surface area contributed by atoms with E-state index in [4.69, 9.17) is 4.74 Å². The van der Waals surface area contributed by atoms with Gasteiger partial charge in [0.1, 0.15) is 5.82 Å². The molecule has 1 aliphatic rings. The molecule has 2 atom stereocenters. The van der Waals surface area contributed by atoms with E-state index in [0.717, 1.165) is 19.6 Å². The van der Waals surface area contributed by atoms with Gasteiger partial charge in [-0.25, -0.2) is 4.39 Å². The number of carbonyl (C=O) groups is 1. The van der Waals surface area contributed by atoms with Crippen LogP contribution in [0.3, 0.4) is 0 Å². The fourth-order valence-corrected chi connectivity index (χ4v) is 2.51. The lowest BCUT2D eigenvalue weighted by atomic mass is 10.1. The molecule has 1 heterocycles. The first-order chi connectivity index (χ1) is 9.04. The fourth-order valence-electron chi connectivity index (χ4n) is 2.51. The molecule has 0 spiro atoms. The molecule has 0 saturated carbocycles. The summed E-state index contributed by atoms with van der Waals surface area (Å²) in [7, 11) is 0. The van der Waals surface area contributed by atoms with Gasteiger partial charge in [-0.15, -0.1) is 0 Å². The van der Waals surface area contributed by atoms with Crippen LogP contribution in [0.1, 0.15) is 30.6 Å². The van der Waals surface area contributed by atoms with Gasteiger partial charge in [0.2, 0.25) is 0 Å². The standard InChI is InChI=1S/C15H20FNO2/c1-11-9-17(10-12(2)19-11)8-7-15(18)13-3-5-14(16)6-4-13/h3-6,11-12H,7-10H2,1-2H3. The molecule has 1 aromatic carbocycles. The predicted molar refractivity (Wildman–Crippen MR) is 71.8 cm³/mol. The lowest BCUT2D eigenvalue weighted by molar-refractivity contribution is -0.0675. The number of halogens is 1. The quantitative estimate of drug-likeness (QED) is 0.783. The molecule has 1 aromatic rings. The third-order valence-electron chi connectivity index (χ3n) is 3.32. The van der Waals surface area contributed by atoms with E-state index in [0.29, 0.717) is 12.0 Å². The van der Waals surface area contributed by atoms with Gasteiger partial charge < -0.3 is 4.74 Å². The zero-order valence-corrected chi connectivity index (χ0v) is 11.4. The summed E-state index contributed by atoms with van der Waals surface area (Å²) >= 11 is 0. The van der Waals surface area contributed by atoms with E-state index >= 15 is 0 Å². The van der Waals surface area contributed by atoms with Crippen molar-refractivity contribution in [3.05, 3.63) is 35.6 Å². The number of rotatable bonds is 4. The number of hydrogen-bond acceptors (Lipinski definition) is 3. The average molecular weight is 265 g/mol. The maximum Gasteiger partial charge on any atom is 0.164 e. The summed E-state index contributed by atoms with van der Waals surface area (Å²) in [5, 5.41) is 0. The number of benzene rings is 1. The largest absolute Gasteiger partial charge is 0.373 e. The summed E-state index contributed by atoms with van der Waals surface area (Å²) in [6.07, 6.45) is 0.889. The second-order valence-electron chi connectivity index (χ2n) is 5.20. The molecule has 2 rings (SSSR count). The summed E-state index contributed by atoms with van der Waals surface area (Å²) < 4.78 is 18.4. The van der Waals surface area contributed by atoms with Crippen LogP contribution in [-0.4, -0.2) is 42.5 Å². The van der Waals surface area contributed by atoms with Gasteiger partial charge >= 0.3 is 0 Å². The van der Waals surface area contributed by atoms with Gasteiger partial charge in [-0.2, -0.15) is 0 Å². The molecule has 0 N–H and O–H groups in total. The SMILES string of the molecule is CC1CN(CCC(=O)c2ccc(F)cc2)CC(C)O1. The Bertz CT molecular complexity index is 422. The van der Waals surface area contributed by atoms with Crippen LogP contribution in [0, 0.1) is 5.82 Å². The van der Waals surface area contributed by atoms with Gasteiger partial charge in [0.15, 0.2) is 5.78 Å². The molecular weight excluding hydrogens is 245 g/mol. The van der Waals surface area contributed by atoms with Crippen LogP contribution in [0.5, 0.6) is 0 Å². The van der Waals surface area contributed by atoms with Crippen LogP contribution in [0.4, 0.5) is 4.39 Å². The summed E-state index contributed by atoms with van der Waals surface area (Å²) in [6.45, 7) is 6.55. The predicted octanol–water partition coefficient (Wildman–Crippen LogP) is 2.51. The third kappa shape index (κ3) is 4.11. The Morgan fingerprint density at radius 2 is 1.84 bits per heavy atom. The van der Waals surface area contributed by atoms with Crippen LogP contribution in [-0.2, 0) is 4.74 Å². The number of Topliss-reactive ketones (excluding diaryl/α,β-unsaturated/α-hetero) is 1. The first-order valence-corrected chi connectivity index (χ1v) is 6.71. The number of morpholine rings is 1. The molecule has 1 fully saturated rings. The Morgan fingerprint density at radius 3 is 2.42 bits per heavy atom. The van der Waals surface area contributed by atoms with Gasteiger partial charge in [-0.3, -0.25) is 9.69 Å². The van der Waals surface area contributed by atoms with Crippen molar-refractivity contribution in [2.45, 2.75) is 32.5 Å². The van der Waals surface area contributed by atoms with Crippen molar-refractivity contribution in [1.82, 2.24) is 4.90 Å². The van der Waals surface area contributed by atoms with E-state index < -0.39 is 0 Å². The molecule has 19 heavy (non-hydrogen) atoms. The van der Waals surface area contributed by atoms with E-state index in [1.54, 1.807) is 12.1 Å². The maximum atomic E-state index is 12.8. The molecule has 0 aliphatic carbocycles. The molecule has 3 nitrogen and oxygen atoms in total.